The van der Waals surface area contributed by atoms with Crippen LogP contribution in [0.5, 0.6) is 0 Å². The van der Waals surface area contributed by atoms with Crippen molar-refractivity contribution in [2.45, 2.75) is 24.8 Å². The van der Waals surface area contributed by atoms with Crippen molar-refractivity contribution in [1.29, 1.82) is 0 Å². The maximum atomic E-state index is 13.2. The first-order valence-corrected chi connectivity index (χ1v) is 10.4. The van der Waals surface area contributed by atoms with Crippen LogP contribution in [0.15, 0.2) is 53.4 Å². The van der Waals surface area contributed by atoms with Crippen molar-refractivity contribution in [3.05, 3.63) is 52.1 Å². The van der Waals surface area contributed by atoms with E-state index in [9.17, 15) is 18.0 Å². The molecule has 0 saturated heterocycles. The molecular weight excluding hydrogens is 491 g/mol. The normalized spacial score (nSPS) is 12.3. The van der Waals surface area contributed by atoms with E-state index in [-0.39, 0.29) is 10.8 Å². The number of benzene rings is 2. The fourth-order valence-electron chi connectivity index (χ4n) is 2.30. The van der Waals surface area contributed by atoms with E-state index >= 15 is 0 Å². The van der Waals surface area contributed by atoms with Gasteiger partial charge in [0.15, 0.2) is 0 Å². The number of hydrogen-bond acceptors (Lipinski definition) is 4. The standard InChI is InChI=1S/C17H16ClIN2O4S/c1-11(17(18)23)21(16-6-4-3-5-15(16)19)26(24,25)14-9-7-13(8-10-14)20-12(2)22/h3-11H,1-2H3,(H,20,22). The van der Waals surface area contributed by atoms with Gasteiger partial charge in [0.1, 0.15) is 6.04 Å². The predicted octanol–water partition coefficient (Wildman–Crippen LogP) is 3.60. The summed E-state index contributed by atoms with van der Waals surface area (Å²) in [4.78, 5) is 22.8. The van der Waals surface area contributed by atoms with Crippen LogP contribution in [0.1, 0.15) is 13.8 Å². The topological polar surface area (TPSA) is 83.6 Å². The summed E-state index contributed by atoms with van der Waals surface area (Å²) in [6.45, 7) is 2.79. The molecule has 0 aromatic heterocycles. The number of nitrogens with one attached hydrogen (secondary N) is 1. The number of nitrogens with zero attached hydrogens (tertiary/aromatic N) is 1. The number of amides is 1. The van der Waals surface area contributed by atoms with Gasteiger partial charge in [0.05, 0.1) is 10.6 Å². The summed E-state index contributed by atoms with van der Waals surface area (Å²) in [5, 5.41) is 1.78. The Morgan fingerprint density at radius 1 is 1.12 bits per heavy atom. The number of rotatable bonds is 6. The molecule has 1 unspecified atom stereocenters. The van der Waals surface area contributed by atoms with Crippen LogP contribution in [0.4, 0.5) is 11.4 Å². The van der Waals surface area contributed by atoms with Gasteiger partial charge in [0, 0.05) is 16.2 Å². The van der Waals surface area contributed by atoms with E-state index in [4.69, 9.17) is 11.6 Å². The third-order valence-corrected chi connectivity index (χ3v) is 6.63. The van der Waals surface area contributed by atoms with Crippen LogP contribution in [-0.2, 0) is 19.6 Å². The lowest BCUT2D eigenvalue weighted by molar-refractivity contribution is -0.114. The maximum Gasteiger partial charge on any atom is 0.265 e. The van der Waals surface area contributed by atoms with E-state index < -0.39 is 21.3 Å². The molecule has 1 amide bonds. The number of sulfonamides is 1. The lowest BCUT2D eigenvalue weighted by Gasteiger charge is -2.29. The van der Waals surface area contributed by atoms with Crippen LogP contribution in [0.2, 0.25) is 0 Å². The smallest absolute Gasteiger partial charge is 0.265 e. The Morgan fingerprint density at radius 3 is 2.19 bits per heavy atom. The van der Waals surface area contributed by atoms with Crippen LogP contribution in [0, 0.1) is 3.57 Å². The van der Waals surface area contributed by atoms with Crippen molar-refractivity contribution >= 4 is 66.7 Å². The molecule has 0 fully saturated rings. The lowest BCUT2D eigenvalue weighted by Crippen LogP contribution is -2.42. The van der Waals surface area contributed by atoms with Crippen molar-refractivity contribution in [1.82, 2.24) is 0 Å². The molecule has 0 aliphatic carbocycles. The summed E-state index contributed by atoms with van der Waals surface area (Å²) >= 11 is 7.61. The molecule has 2 aromatic carbocycles. The SMILES string of the molecule is CC(=O)Nc1ccc(S(=O)(=O)N(c2ccccc2I)C(C)C(=O)Cl)cc1. The Hall–Kier alpha value is -1.65. The molecule has 0 heterocycles. The highest BCUT2D eigenvalue weighted by Crippen LogP contribution is 2.31. The molecule has 138 valence electrons. The van der Waals surface area contributed by atoms with Crippen LogP contribution in [-0.4, -0.2) is 25.6 Å². The van der Waals surface area contributed by atoms with Crippen molar-refractivity contribution in [2.75, 3.05) is 9.62 Å². The summed E-state index contributed by atoms with van der Waals surface area (Å²) in [5.41, 5.74) is 0.833. The number of hydrogen-bond donors (Lipinski definition) is 1. The Balaban J connectivity index is 2.54. The predicted molar refractivity (Wildman–Crippen MR) is 110 cm³/mol. The molecule has 0 spiro atoms. The number of para-hydroxylation sites is 1. The average molecular weight is 507 g/mol. The number of carbonyl (C=O) groups excluding carboxylic acids is 2. The van der Waals surface area contributed by atoms with Gasteiger partial charge in [0.25, 0.3) is 10.0 Å². The first-order chi connectivity index (χ1) is 12.1. The molecular formula is C17H16ClIN2O4S. The Morgan fingerprint density at radius 2 is 1.69 bits per heavy atom. The van der Waals surface area contributed by atoms with Crippen LogP contribution in [0.25, 0.3) is 0 Å². The average Bonchev–Trinajstić information content (AvgIpc) is 2.56. The molecule has 0 radical (unpaired) electrons. The molecule has 26 heavy (non-hydrogen) atoms. The first-order valence-electron chi connectivity index (χ1n) is 7.50. The van der Waals surface area contributed by atoms with Gasteiger partial charge in [-0.05, 0) is 77.5 Å². The van der Waals surface area contributed by atoms with E-state index in [1.165, 1.54) is 38.1 Å². The molecule has 9 heteroatoms. The molecule has 0 aliphatic rings. The molecule has 1 N–H and O–H groups in total. The largest absolute Gasteiger partial charge is 0.326 e. The third kappa shape index (κ3) is 4.54. The molecule has 2 rings (SSSR count). The van der Waals surface area contributed by atoms with E-state index in [0.717, 1.165) is 4.31 Å². The van der Waals surface area contributed by atoms with Gasteiger partial charge in [-0.15, -0.1) is 0 Å². The fourth-order valence-corrected chi connectivity index (χ4v) is 4.90. The molecule has 0 aliphatic heterocycles. The van der Waals surface area contributed by atoms with E-state index in [1.54, 1.807) is 24.3 Å². The fraction of sp³-hybridized carbons (Fsp3) is 0.176. The lowest BCUT2D eigenvalue weighted by atomic mass is 10.3. The minimum Gasteiger partial charge on any atom is -0.326 e. The highest BCUT2D eigenvalue weighted by molar-refractivity contribution is 14.1. The minimum absolute atomic E-state index is 0.0176. The number of anilines is 2. The Labute approximate surface area is 170 Å². The summed E-state index contributed by atoms with van der Waals surface area (Å²) in [6.07, 6.45) is 0. The van der Waals surface area contributed by atoms with Gasteiger partial charge in [-0.1, -0.05) is 12.1 Å². The maximum absolute atomic E-state index is 13.2. The van der Waals surface area contributed by atoms with Gasteiger partial charge >= 0.3 is 0 Å². The second-order valence-electron chi connectivity index (χ2n) is 5.44. The minimum atomic E-state index is -4.06. The highest BCUT2D eigenvalue weighted by atomic mass is 127. The number of halogens is 2. The van der Waals surface area contributed by atoms with Crippen LogP contribution >= 0.6 is 34.2 Å². The zero-order chi connectivity index (χ0) is 19.5. The van der Waals surface area contributed by atoms with Crippen molar-refractivity contribution < 1.29 is 18.0 Å². The number of carbonyl (C=O) groups is 2. The van der Waals surface area contributed by atoms with E-state index in [1.807, 2.05) is 22.6 Å². The van der Waals surface area contributed by atoms with Gasteiger partial charge in [-0.25, -0.2) is 8.42 Å². The quantitative estimate of drug-likeness (QED) is 0.479. The molecule has 0 bridgehead atoms. The summed E-state index contributed by atoms with van der Waals surface area (Å²) in [7, 11) is -4.06. The summed E-state index contributed by atoms with van der Waals surface area (Å²) < 4.78 is 28.0. The monoisotopic (exact) mass is 506 g/mol. The van der Waals surface area contributed by atoms with Gasteiger partial charge in [-0.3, -0.25) is 13.9 Å². The first kappa shape index (κ1) is 20.7. The molecule has 2 aromatic rings. The van der Waals surface area contributed by atoms with Crippen LogP contribution in [0.3, 0.4) is 0 Å². The second kappa shape index (κ2) is 8.36. The van der Waals surface area contributed by atoms with Crippen LogP contribution < -0.4 is 9.62 Å². The van der Waals surface area contributed by atoms with Gasteiger partial charge < -0.3 is 5.32 Å². The van der Waals surface area contributed by atoms with Gasteiger partial charge in [0.2, 0.25) is 11.1 Å². The Bertz CT molecular complexity index is 932. The molecule has 1 atom stereocenters. The zero-order valence-electron chi connectivity index (χ0n) is 13.9. The van der Waals surface area contributed by atoms with Crippen molar-refractivity contribution in [3.8, 4) is 0 Å². The molecule has 6 nitrogen and oxygen atoms in total. The molecule has 0 saturated carbocycles. The zero-order valence-corrected chi connectivity index (χ0v) is 17.7. The van der Waals surface area contributed by atoms with E-state index in [0.29, 0.717) is 14.9 Å². The summed E-state index contributed by atoms with van der Waals surface area (Å²) in [6, 6.07) is 11.4. The third-order valence-electron chi connectivity index (χ3n) is 3.50. The Kier molecular flexibility index (Phi) is 6.64. The van der Waals surface area contributed by atoms with Gasteiger partial charge in [-0.2, -0.15) is 0 Å². The second-order valence-corrected chi connectivity index (χ2v) is 8.79. The van der Waals surface area contributed by atoms with E-state index in [2.05, 4.69) is 5.32 Å². The highest BCUT2D eigenvalue weighted by Gasteiger charge is 2.33. The van der Waals surface area contributed by atoms with Crippen molar-refractivity contribution in [3.63, 3.8) is 0 Å². The van der Waals surface area contributed by atoms with Crippen molar-refractivity contribution in [2.24, 2.45) is 0 Å². The summed E-state index contributed by atoms with van der Waals surface area (Å²) in [5.74, 6) is -0.262.